The molecule has 0 bridgehead atoms. The van der Waals surface area contributed by atoms with E-state index in [4.69, 9.17) is 5.73 Å². The Labute approximate surface area is 101 Å². The minimum absolute atomic E-state index is 0.146. The van der Waals surface area contributed by atoms with Crippen LogP contribution in [0.3, 0.4) is 0 Å². The summed E-state index contributed by atoms with van der Waals surface area (Å²) in [5.41, 5.74) is 4.94. The molecule has 2 amide bonds. The van der Waals surface area contributed by atoms with Crippen LogP contribution in [-0.2, 0) is 14.3 Å². The van der Waals surface area contributed by atoms with Gasteiger partial charge in [-0.2, -0.15) is 0 Å². The summed E-state index contributed by atoms with van der Waals surface area (Å²) >= 11 is 1.42. The summed E-state index contributed by atoms with van der Waals surface area (Å²) in [4.78, 5) is 34.0. The standard InChI is InChI=1S/C9H10N2O5S/c10-9(15)16-2-4-3-17-6-1-5(12)11(6)7(4)8(13)14/h6H,1-3H2,(H2,10,15)(H,13,14)/p-1/t6-/m1/s1. The number of carbonyl (C=O) groups is 3. The van der Waals surface area contributed by atoms with Crippen LogP contribution in [0.25, 0.3) is 0 Å². The summed E-state index contributed by atoms with van der Waals surface area (Å²) in [6, 6.07) is 0. The fourth-order valence-corrected chi connectivity index (χ4v) is 2.98. The number of rotatable bonds is 3. The third-order valence-corrected chi connectivity index (χ3v) is 3.79. The predicted octanol–water partition coefficient (Wildman–Crippen LogP) is -1.61. The Bertz CT molecular complexity index is 433. The molecule has 0 aliphatic carbocycles. The van der Waals surface area contributed by atoms with Gasteiger partial charge in [-0.25, -0.2) is 4.79 Å². The summed E-state index contributed by atoms with van der Waals surface area (Å²) in [6.07, 6.45) is -0.664. The molecule has 92 valence electrons. The van der Waals surface area contributed by atoms with E-state index in [2.05, 4.69) is 4.74 Å². The molecule has 17 heavy (non-hydrogen) atoms. The molecular formula is C9H9N2O5S-. The fraction of sp³-hybridized carbons (Fsp3) is 0.444. The van der Waals surface area contributed by atoms with Crippen molar-refractivity contribution in [1.29, 1.82) is 0 Å². The number of ether oxygens (including phenoxy) is 1. The highest BCUT2D eigenvalue weighted by Gasteiger charge is 2.43. The maximum atomic E-state index is 11.3. The van der Waals surface area contributed by atoms with Crippen LogP contribution in [0.15, 0.2) is 11.3 Å². The van der Waals surface area contributed by atoms with Crippen LogP contribution in [-0.4, -0.2) is 40.6 Å². The second-order valence-electron chi connectivity index (χ2n) is 3.58. The van der Waals surface area contributed by atoms with Gasteiger partial charge in [0.15, 0.2) is 0 Å². The zero-order valence-electron chi connectivity index (χ0n) is 8.67. The maximum absolute atomic E-state index is 11.3. The number of hydrogen-bond acceptors (Lipinski definition) is 6. The van der Waals surface area contributed by atoms with Crippen molar-refractivity contribution < 1.29 is 24.2 Å². The van der Waals surface area contributed by atoms with Crippen molar-refractivity contribution in [3.8, 4) is 0 Å². The van der Waals surface area contributed by atoms with Crippen molar-refractivity contribution in [3.63, 3.8) is 0 Å². The predicted molar refractivity (Wildman–Crippen MR) is 55.3 cm³/mol. The molecule has 0 saturated carbocycles. The molecule has 0 unspecified atom stereocenters. The van der Waals surface area contributed by atoms with Crippen LogP contribution < -0.4 is 10.8 Å². The van der Waals surface area contributed by atoms with Crippen LogP contribution in [0.5, 0.6) is 0 Å². The lowest BCUT2D eigenvalue weighted by Gasteiger charge is -2.45. The lowest BCUT2D eigenvalue weighted by atomic mass is 10.1. The average molecular weight is 257 g/mol. The first kappa shape index (κ1) is 11.8. The highest BCUT2D eigenvalue weighted by molar-refractivity contribution is 8.00. The second kappa shape index (κ2) is 4.28. The van der Waals surface area contributed by atoms with E-state index >= 15 is 0 Å². The van der Waals surface area contributed by atoms with Crippen molar-refractivity contribution in [3.05, 3.63) is 11.3 Å². The van der Waals surface area contributed by atoms with Gasteiger partial charge in [0.05, 0.1) is 23.5 Å². The Kier molecular flexibility index (Phi) is 2.97. The third kappa shape index (κ3) is 2.07. The Balaban J connectivity index is 2.23. The molecule has 1 saturated heterocycles. The van der Waals surface area contributed by atoms with Crippen molar-refractivity contribution in [2.45, 2.75) is 11.8 Å². The summed E-state index contributed by atoms with van der Waals surface area (Å²) < 4.78 is 4.54. The molecule has 7 nitrogen and oxygen atoms in total. The Morgan fingerprint density at radius 1 is 1.59 bits per heavy atom. The molecule has 2 aliphatic rings. The Morgan fingerprint density at radius 2 is 2.29 bits per heavy atom. The van der Waals surface area contributed by atoms with Crippen LogP contribution in [0.1, 0.15) is 6.42 Å². The maximum Gasteiger partial charge on any atom is 0.404 e. The van der Waals surface area contributed by atoms with Crippen LogP contribution in [0.2, 0.25) is 0 Å². The number of carboxylic acid groups (broad SMARTS) is 1. The van der Waals surface area contributed by atoms with Gasteiger partial charge in [0, 0.05) is 11.3 Å². The highest BCUT2D eigenvalue weighted by Crippen LogP contribution is 2.39. The van der Waals surface area contributed by atoms with Gasteiger partial charge in [-0.3, -0.25) is 9.69 Å². The number of primary amides is 1. The van der Waals surface area contributed by atoms with Crippen LogP contribution in [0.4, 0.5) is 4.79 Å². The molecule has 2 aliphatic heterocycles. The van der Waals surface area contributed by atoms with Crippen molar-refractivity contribution >= 4 is 29.7 Å². The molecule has 0 aromatic carbocycles. The van der Waals surface area contributed by atoms with Gasteiger partial charge in [-0.05, 0) is 0 Å². The van der Waals surface area contributed by atoms with Crippen molar-refractivity contribution in [2.75, 3.05) is 12.4 Å². The van der Waals surface area contributed by atoms with Crippen molar-refractivity contribution in [2.24, 2.45) is 5.73 Å². The van der Waals surface area contributed by atoms with E-state index in [1.807, 2.05) is 0 Å². The van der Waals surface area contributed by atoms with Crippen LogP contribution >= 0.6 is 11.8 Å². The number of nitrogens with zero attached hydrogens (tertiary/aromatic N) is 1. The lowest BCUT2D eigenvalue weighted by Crippen LogP contribution is -2.56. The molecule has 0 spiro atoms. The normalized spacial score (nSPS) is 22.9. The number of thioether (sulfide) groups is 1. The summed E-state index contributed by atoms with van der Waals surface area (Å²) in [7, 11) is 0. The number of β-lactam (4-membered cyclic amide) rings is 1. The summed E-state index contributed by atoms with van der Waals surface area (Å²) in [6.45, 7) is -0.234. The van der Waals surface area contributed by atoms with E-state index in [1.54, 1.807) is 0 Å². The van der Waals surface area contributed by atoms with E-state index in [1.165, 1.54) is 16.7 Å². The zero-order chi connectivity index (χ0) is 12.6. The van der Waals surface area contributed by atoms with Gasteiger partial charge in [0.25, 0.3) is 0 Å². The van der Waals surface area contributed by atoms with Crippen LogP contribution in [0, 0.1) is 0 Å². The number of hydrogen-bond donors (Lipinski definition) is 1. The van der Waals surface area contributed by atoms with Gasteiger partial charge >= 0.3 is 6.09 Å². The van der Waals surface area contributed by atoms with E-state index in [-0.39, 0.29) is 23.6 Å². The number of nitrogens with two attached hydrogens (primary N) is 1. The summed E-state index contributed by atoms with van der Waals surface area (Å²) in [5.74, 6) is -1.32. The Hall–Kier alpha value is -1.70. The quantitative estimate of drug-likeness (QED) is 0.609. The number of carboxylic acids is 1. The smallest absolute Gasteiger partial charge is 0.404 e. The number of aliphatic carboxylic acids is 1. The van der Waals surface area contributed by atoms with Gasteiger partial charge in [-0.1, -0.05) is 0 Å². The molecule has 0 aromatic heterocycles. The minimum atomic E-state index is -1.44. The van der Waals surface area contributed by atoms with E-state index < -0.39 is 12.1 Å². The summed E-state index contributed by atoms with van der Waals surface area (Å²) in [5, 5.41) is 10.9. The monoisotopic (exact) mass is 257 g/mol. The number of amides is 2. The molecule has 2 rings (SSSR count). The molecule has 8 heteroatoms. The molecule has 1 atom stereocenters. The average Bonchev–Trinajstić information content (AvgIpc) is 2.24. The highest BCUT2D eigenvalue weighted by atomic mass is 32.2. The molecule has 0 aromatic rings. The number of fused-ring (bicyclic) bond motifs is 1. The topological polar surface area (TPSA) is 113 Å². The van der Waals surface area contributed by atoms with E-state index in [0.717, 1.165) is 0 Å². The molecule has 1 fully saturated rings. The van der Waals surface area contributed by atoms with Crippen molar-refractivity contribution in [1.82, 2.24) is 4.90 Å². The third-order valence-electron chi connectivity index (χ3n) is 2.51. The zero-order valence-corrected chi connectivity index (χ0v) is 9.49. The first-order chi connectivity index (χ1) is 8.00. The first-order valence-electron chi connectivity index (χ1n) is 4.80. The van der Waals surface area contributed by atoms with E-state index in [9.17, 15) is 19.5 Å². The second-order valence-corrected chi connectivity index (χ2v) is 4.75. The number of carbonyl (C=O) groups excluding carboxylic acids is 3. The van der Waals surface area contributed by atoms with Gasteiger partial charge in [0.2, 0.25) is 5.91 Å². The SMILES string of the molecule is NC(=O)OCC1=C(C(=O)[O-])N2C(=O)C[C@H]2SC1. The molecule has 0 radical (unpaired) electrons. The van der Waals surface area contributed by atoms with Gasteiger partial charge in [-0.15, -0.1) is 11.8 Å². The molecular weight excluding hydrogens is 248 g/mol. The van der Waals surface area contributed by atoms with Gasteiger partial charge < -0.3 is 20.4 Å². The van der Waals surface area contributed by atoms with E-state index in [0.29, 0.717) is 17.7 Å². The largest absolute Gasteiger partial charge is 0.543 e. The molecule has 2 heterocycles. The lowest BCUT2D eigenvalue weighted by molar-refractivity contribution is -0.301. The Morgan fingerprint density at radius 3 is 2.82 bits per heavy atom. The van der Waals surface area contributed by atoms with Gasteiger partial charge in [0.1, 0.15) is 6.61 Å². The molecule has 2 N–H and O–H groups in total. The minimum Gasteiger partial charge on any atom is -0.543 e. The first-order valence-corrected chi connectivity index (χ1v) is 5.85. The fourth-order valence-electron chi connectivity index (χ4n) is 1.74.